The molecule has 5 heterocycles. The number of halogens is 1. The van der Waals surface area contributed by atoms with Gasteiger partial charge in [-0.2, -0.15) is 4.98 Å². The quantitative estimate of drug-likeness (QED) is 0.919. The Hall–Kier alpha value is -1.14. The first-order chi connectivity index (χ1) is 9.28. The van der Waals surface area contributed by atoms with Gasteiger partial charge in [-0.15, -0.1) is 5.10 Å². The fourth-order valence-corrected chi connectivity index (χ4v) is 3.54. The smallest absolute Gasteiger partial charge is 0.243 e. The third-order valence-corrected chi connectivity index (χ3v) is 4.73. The van der Waals surface area contributed by atoms with Crippen molar-refractivity contribution in [2.45, 2.75) is 18.9 Å². The zero-order valence-corrected chi connectivity index (χ0v) is 12.2. The van der Waals surface area contributed by atoms with Gasteiger partial charge >= 0.3 is 0 Å². The van der Waals surface area contributed by atoms with E-state index in [1.54, 1.807) is 0 Å². The molecule has 0 spiro atoms. The number of hydrogen-bond acceptors (Lipinski definition) is 4. The normalized spacial score (nSPS) is 29.8. The summed E-state index contributed by atoms with van der Waals surface area (Å²) in [6, 6.07) is 4.46. The third-order valence-electron chi connectivity index (χ3n) is 4.27. The number of nitrogens with zero attached hydrogens (tertiary/aromatic N) is 4. The molecule has 3 aliphatic heterocycles. The van der Waals surface area contributed by atoms with Crippen molar-refractivity contribution in [1.29, 1.82) is 0 Å². The first-order valence-corrected chi connectivity index (χ1v) is 7.58. The maximum Gasteiger partial charge on any atom is 0.243 e. The van der Waals surface area contributed by atoms with Crippen molar-refractivity contribution >= 4 is 27.5 Å². The van der Waals surface area contributed by atoms with E-state index < -0.39 is 0 Å². The van der Waals surface area contributed by atoms with E-state index in [0.29, 0.717) is 6.04 Å². The van der Waals surface area contributed by atoms with Crippen molar-refractivity contribution in [3.05, 3.63) is 22.8 Å². The summed E-state index contributed by atoms with van der Waals surface area (Å²) in [7, 11) is 0. The van der Waals surface area contributed by atoms with Crippen LogP contribution in [0, 0.1) is 5.92 Å². The molecule has 1 atom stereocenters. The fraction of sp³-hybridized carbons (Fsp3) is 0.538. The molecule has 3 fully saturated rings. The zero-order valence-electron chi connectivity index (χ0n) is 10.6. The third kappa shape index (κ3) is 2.12. The monoisotopic (exact) mass is 321 g/mol. The first kappa shape index (κ1) is 11.7. The lowest BCUT2D eigenvalue weighted by Gasteiger charge is -2.44. The Kier molecular flexibility index (Phi) is 2.73. The maximum absolute atomic E-state index is 4.53. The van der Waals surface area contributed by atoms with E-state index in [9.17, 15) is 0 Å². The summed E-state index contributed by atoms with van der Waals surface area (Å²) in [6.45, 7) is 3.65. The van der Waals surface area contributed by atoms with Crippen LogP contribution < -0.4 is 5.32 Å². The van der Waals surface area contributed by atoms with Gasteiger partial charge < -0.3 is 10.2 Å². The van der Waals surface area contributed by atoms with Crippen molar-refractivity contribution in [1.82, 2.24) is 19.5 Å². The van der Waals surface area contributed by atoms with E-state index in [4.69, 9.17) is 0 Å². The Labute approximate surface area is 120 Å². The van der Waals surface area contributed by atoms with Crippen LogP contribution in [0.4, 0.5) is 5.95 Å². The number of rotatable bonds is 2. The molecule has 1 N–H and O–H groups in total. The van der Waals surface area contributed by atoms with Crippen LogP contribution in [0.1, 0.15) is 12.8 Å². The van der Waals surface area contributed by atoms with E-state index >= 15 is 0 Å². The topological polar surface area (TPSA) is 45.5 Å². The van der Waals surface area contributed by atoms with E-state index in [-0.39, 0.29) is 0 Å². The average molecular weight is 322 g/mol. The molecule has 0 aromatic carbocycles. The molecule has 3 saturated heterocycles. The minimum atomic E-state index is 0.503. The molecule has 2 aromatic heterocycles. The molecule has 0 saturated carbocycles. The minimum absolute atomic E-state index is 0.503. The van der Waals surface area contributed by atoms with Crippen molar-refractivity contribution in [3.63, 3.8) is 0 Å². The predicted octanol–water partition coefficient (Wildman–Crippen LogP) is 2.00. The van der Waals surface area contributed by atoms with Crippen molar-refractivity contribution < 1.29 is 0 Å². The van der Waals surface area contributed by atoms with E-state index in [1.165, 1.54) is 25.9 Å². The molecule has 5 rings (SSSR count). The number of fused-ring (bicyclic) bond motifs is 4. The molecule has 5 nitrogen and oxygen atoms in total. The summed E-state index contributed by atoms with van der Waals surface area (Å²) >= 11 is 3.45. The van der Waals surface area contributed by atoms with Gasteiger partial charge in [0.25, 0.3) is 0 Å². The van der Waals surface area contributed by atoms with E-state index in [0.717, 1.165) is 28.5 Å². The summed E-state index contributed by atoms with van der Waals surface area (Å²) in [5.74, 6) is 1.53. The molecule has 2 aromatic rings. The number of pyridine rings is 1. The van der Waals surface area contributed by atoms with Crippen LogP contribution in [0.2, 0.25) is 0 Å². The highest BCUT2D eigenvalue weighted by Gasteiger charge is 2.34. The molecule has 0 radical (unpaired) electrons. The predicted molar refractivity (Wildman–Crippen MR) is 77.3 cm³/mol. The highest BCUT2D eigenvalue weighted by atomic mass is 79.9. The lowest BCUT2D eigenvalue weighted by atomic mass is 9.84. The van der Waals surface area contributed by atoms with Gasteiger partial charge in [-0.1, -0.05) is 0 Å². The van der Waals surface area contributed by atoms with Crippen LogP contribution in [0.15, 0.2) is 22.8 Å². The number of aromatic nitrogens is 3. The summed E-state index contributed by atoms with van der Waals surface area (Å²) in [4.78, 5) is 7.06. The largest absolute Gasteiger partial charge is 0.349 e. The van der Waals surface area contributed by atoms with Gasteiger partial charge in [0, 0.05) is 23.3 Å². The van der Waals surface area contributed by atoms with E-state index in [1.807, 2.05) is 22.8 Å². The van der Waals surface area contributed by atoms with Crippen molar-refractivity contribution in [3.8, 4) is 0 Å². The summed E-state index contributed by atoms with van der Waals surface area (Å²) < 4.78 is 2.83. The van der Waals surface area contributed by atoms with Gasteiger partial charge in [0.1, 0.15) is 0 Å². The lowest BCUT2D eigenvalue weighted by molar-refractivity contribution is 0.0972. The zero-order chi connectivity index (χ0) is 12.8. The van der Waals surface area contributed by atoms with Crippen molar-refractivity contribution in [2.24, 2.45) is 5.92 Å². The Morgan fingerprint density at radius 1 is 1.26 bits per heavy atom. The lowest BCUT2D eigenvalue weighted by Crippen LogP contribution is -2.53. The highest BCUT2D eigenvalue weighted by Crippen LogP contribution is 2.29. The second-order valence-corrected chi connectivity index (χ2v) is 6.39. The van der Waals surface area contributed by atoms with Gasteiger partial charge in [0.05, 0.1) is 0 Å². The van der Waals surface area contributed by atoms with Crippen LogP contribution in [-0.2, 0) is 0 Å². The second-order valence-electron chi connectivity index (χ2n) is 5.47. The standard InChI is InChI=1S/C13H16BrN5/c14-10-1-2-12-16-13(17-19(12)7-10)15-11-8-18-5-3-9(11)4-6-18/h1-2,7,9,11H,3-6,8H2,(H,15,17). The van der Waals surface area contributed by atoms with Crippen LogP contribution >= 0.6 is 15.9 Å². The summed E-state index contributed by atoms with van der Waals surface area (Å²) in [6.07, 6.45) is 4.54. The summed E-state index contributed by atoms with van der Waals surface area (Å²) in [5, 5.41) is 8.02. The molecule has 2 bridgehead atoms. The second kappa shape index (κ2) is 4.45. The molecule has 1 unspecified atom stereocenters. The highest BCUT2D eigenvalue weighted by molar-refractivity contribution is 9.10. The SMILES string of the molecule is Brc1ccc2nc(NC3CN4CCC3CC4)nn2c1. The maximum atomic E-state index is 4.53. The molecule has 0 amide bonds. The average Bonchev–Trinajstić information content (AvgIpc) is 2.81. The first-order valence-electron chi connectivity index (χ1n) is 6.79. The van der Waals surface area contributed by atoms with E-state index in [2.05, 4.69) is 36.2 Å². The number of hydrogen-bond donors (Lipinski definition) is 1. The summed E-state index contributed by atoms with van der Waals surface area (Å²) in [5.41, 5.74) is 0.881. The Morgan fingerprint density at radius 3 is 2.84 bits per heavy atom. The Balaban J connectivity index is 1.58. The fourth-order valence-electron chi connectivity index (χ4n) is 3.21. The number of nitrogens with one attached hydrogen (secondary N) is 1. The van der Waals surface area contributed by atoms with Crippen molar-refractivity contribution in [2.75, 3.05) is 25.0 Å². The molecule has 100 valence electrons. The molecule has 3 aliphatic rings. The van der Waals surface area contributed by atoms with Crippen LogP contribution in [0.5, 0.6) is 0 Å². The number of anilines is 1. The van der Waals surface area contributed by atoms with Gasteiger partial charge in [0.2, 0.25) is 5.95 Å². The molecular formula is C13H16BrN5. The van der Waals surface area contributed by atoms with Crippen LogP contribution in [-0.4, -0.2) is 45.2 Å². The molecular weight excluding hydrogens is 306 g/mol. The molecule has 6 heteroatoms. The van der Waals surface area contributed by atoms with Gasteiger partial charge in [0.15, 0.2) is 5.65 Å². The Bertz CT molecular complexity index is 602. The van der Waals surface area contributed by atoms with Gasteiger partial charge in [-0.25, -0.2) is 4.52 Å². The van der Waals surface area contributed by atoms with Gasteiger partial charge in [-0.3, -0.25) is 0 Å². The van der Waals surface area contributed by atoms with Crippen LogP contribution in [0.25, 0.3) is 5.65 Å². The van der Waals surface area contributed by atoms with Crippen LogP contribution in [0.3, 0.4) is 0 Å². The molecule has 0 aliphatic carbocycles. The van der Waals surface area contributed by atoms with Gasteiger partial charge in [-0.05, 0) is 59.9 Å². The Morgan fingerprint density at radius 2 is 2.11 bits per heavy atom. The minimum Gasteiger partial charge on any atom is -0.349 e. The molecule has 19 heavy (non-hydrogen) atoms. The number of piperidine rings is 3.